The van der Waals surface area contributed by atoms with Crippen molar-refractivity contribution in [3.8, 4) is 0 Å². The quantitative estimate of drug-likeness (QED) is 0.920. The van der Waals surface area contributed by atoms with Crippen LogP contribution in [0.3, 0.4) is 0 Å². The van der Waals surface area contributed by atoms with E-state index in [1.54, 1.807) is 0 Å². The fourth-order valence-corrected chi connectivity index (χ4v) is 2.92. The number of nitrogens with one attached hydrogen (secondary N) is 1. The summed E-state index contributed by atoms with van der Waals surface area (Å²) in [6, 6.07) is 15.9. The topological polar surface area (TPSA) is 32.3 Å². The number of hydrogen-bond donors (Lipinski definition) is 1. The van der Waals surface area contributed by atoms with Crippen molar-refractivity contribution < 1.29 is 4.79 Å². The van der Waals surface area contributed by atoms with Crippen LogP contribution in [-0.2, 0) is 6.42 Å². The molecule has 1 N–H and O–H groups in total. The van der Waals surface area contributed by atoms with Gasteiger partial charge < -0.3 is 10.2 Å². The van der Waals surface area contributed by atoms with E-state index in [1.165, 1.54) is 18.4 Å². The maximum absolute atomic E-state index is 12.6. The van der Waals surface area contributed by atoms with Gasteiger partial charge in [0.2, 0.25) is 0 Å². The van der Waals surface area contributed by atoms with Crippen molar-refractivity contribution in [3.05, 3.63) is 59.7 Å². The SMILES string of the molecule is CCc1ccc(NC(=O)c2ccccc2N2CCCC2)cc1. The van der Waals surface area contributed by atoms with E-state index in [1.807, 2.05) is 36.4 Å². The molecule has 3 nitrogen and oxygen atoms in total. The third kappa shape index (κ3) is 3.14. The molecule has 0 bridgehead atoms. The molecule has 1 aliphatic heterocycles. The predicted octanol–water partition coefficient (Wildman–Crippen LogP) is 4.10. The Morgan fingerprint density at radius 2 is 1.73 bits per heavy atom. The second kappa shape index (κ2) is 6.65. The Labute approximate surface area is 132 Å². The number of anilines is 2. The summed E-state index contributed by atoms with van der Waals surface area (Å²) in [5, 5.41) is 3.01. The molecule has 22 heavy (non-hydrogen) atoms. The Morgan fingerprint density at radius 3 is 2.41 bits per heavy atom. The van der Waals surface area contributed by atoms with Crippen molar-refractivity contribution in [2.75, 3.05) is 23.3 Å². The molecule has 0 radical (unpaired) electrons. The first-order valence-corrected chi connectivity index (χ1v) is 8.02. The zero-order valence-electron chi connectivity index (χ0n) is 13.0. The van der Waals surface area contributed by atoms with Gasteiger partial charge in [-0.2, -0.15) is 0 Å². The van der Waals surface area contributed by atoms with Crippen molar-refractivity contribution in [2.24, 2.45) is 0 Å². The Hall–Kier alpha value is -2.29. The van der Waals surface area contributed by atoms with Crippen LogP contribution < -0.4 is 10.2 Å². The Bertz CT molecular complexity index is 643. The smallest absolute Gasteiger partial charge is 0.257 e. The summed E-state index contributed by atoms with van der Waals surface area (Å²) in [6.07, 6.45) is 3.41. The second-order valence-corrected chi connectivity index (χ2v) is 5.72. The Morgan fingerprint density at radius 1 is 1.05 bits per heavy atom. The van der Waals surface area contributed by atoms with Crippen molar-refractivity contribution >= 4 is 17.3 Å². The maximum atomic E-state index is 12.6. The highest BCUT2D eigenvalue weighted by Crippen LogP contribution is 2.25. The standard InChI is InChI=1S/C19H22N2O/c1-2-15-9-11-16(12-10-15)20-19(22)17-7-3-4-8-18(17)21-13-5-6-14-21/h3-4,7-12H,2,5-6,13-14H2,1H3,(H,20,22). The largest absolute Gasteiger partial charge is 0.371 e. The van der Waals surface area contributed by atoms with Gasteiger partial charge in [-0.1, -0.05) is 31.2 Å². The summed E-state index contributed by atoms with van der Waals surface area (Å²) in [5.74, 6) is -0.0354. The highest BCUT2D eigenvalue weighted by molar-refractivity contribution is 6.08. The first-order chi connectivity index (χ1) is 10.8. The summed E-state index contributed by atoms with van der Waals surface area (Å²) < 4.78 is 0. The minimum Gasteiger partial charge on any atom is -0.371 e. The number of rotatable bonds is 4. The first-order valence-electron chi connectivity index (χ1n) is 8.02. The molecule has 0 aromatic heterocycles. The van der Waals surface area contributed by atoms with E-state index in [2.05, 4.69) is 29.3 Å². The fraction of sp³-hybridized carbons (Fsp3) is 0.316. The molecule has 0 aliphatic carbocycles. The van der Waals surface area contributed by atoms with Crippen LogP contribution in [-0.4, -0.2) is 19.0 Å². The van der Waals surface area contributed by atoms with Crippen molar-refractivity contribution in [2.45, 2.75) is 26.2 Å². The highest BCUT2D eigenvalue weighted by atomic mass is 16.1. The minimum atomic E-state index is -0.0354. The van der Waals surface area contributed by atoms with Crippen LogP contribution in [0.25, 0.3) is 0 Å². The molecule has 1 aliphatic rings. The first kappa shape index (κ1) is 14.6. The van der Waals surface area contributed by atoms with E-state index < -0.39 is 0 Å². The fourth-order valence-electron chi connectivity index (χ4n) is 2.92. The van der Waals surface area contributed by atoms with Gasteiger partial charge in [0.05, 0.1) is 5.56 Å². The third-order valence-electron chi connectivity index (χ3n) is 4.22. The molecular formula is C19H22N2O. The maximum Gasteiger partial charge on any atom is 0.257 e. The van der Waals surface area contributed by atoms with Crippen LogP contribution in [0.5, 0.6) is 0 Å². The molecule has 0 atom stereocenters. The molecule has 0 saturated carbocycles. The summed E-state index contributed by atoms with van der Waals surface area (Å²) in [7, 11) is 0. The van der Waals surface area contributed by atoms with E-state index in [4.69, 9.17) is 0 Å². The molecule has 1 amide bonds. The zero-order chi connectivity index (χ0) is 15.4. The van der Waals surface area contributed by atoms with E-state index in [0.717, 1.165) is 36.4 Å². The molecule has 1 heterocycles. The number of amides is 1. The summed E-state index contributed by atoms with van der Waals surface area (Å²) in [4.78, 5) is 14.9. The predicted molar refractivity (Wildman–Crippen MR) is 91.7 cm³/mol. The number of hydrogen-bond acceptors (Lipinski definition) is 2. The van der Waals surface area contributed by atoms with Gasteiger partial charge in [0.1, 0.15) is 0 Å². The van der Waals surface area contributed by atoms with E-state index >= 15 is 0 Å². The number of para-hydroxylation sites is 1. The molecule has 0 spiro atoms. The van der Waals surface area contributed by atoms with Crippen molar-refractivity contribution in [1.82, 2.24) is 0 Å². The summed E-state index contributed by atoms with van der Waals surface area (Å²) >= 11 is 0. The summed E-state index contributed by atoms with van der Waals surface area (Å²) in [6.45, 7) is 4.20. The normalized spacial score (nSPS) is 14.1. The van der Waals surface area contributed by atoms with Crippen LogP contribution in [0.1, 0.15) is 35.7 Å². The lowest BCUT2D eigenvalue weighted by molar-refractivity contribution is 0.102. The zero-order valence-corrected chi connectivity index (χ0v) is 13.0. The lowest BCUT2D eigenvalue weighted by atomic mass is 10.1. The average molecular weight is 294 g/mol. The number of aryl methyl sites for hydroxylation is 1. The van der Waals surface area contributed by atoms with Gasteiger partial charge in [0, 0.05) is 24.5 Å². The van der Waals surface area contributed by atoms with Gasteiger partial charge in [-0.15, -0.1) is 0 Å². The molecule has 1 saturated heterocycles. The van der Waals surface area contributed by atoms with Gasteiger partial charge in [-0.05, 0) is 49.1 Å². The third-order valence-corrected chi connectivity index (χ3v) is 4.22. The van der Waals surface area contributed by atoms with Crippen LogP contribution in [0.4, 0.5) is 11.4 Å². The van der Waals surface area contributed by atoms with E-state index in [-0.39, 0.29) is 5.91 Å². The highest BCUT2D eigenvalue weighted by Gasteiger charge is 2.19. The molecular weight excluding hydrogens is 272 g/mol. The molecule has 0 unspecified atom stereocenters. The summed E-state index contributed by atoms with van der Waals surface area (Å²) in [5.41, 5.74) is 3.92. The van der Waals surface area contributed by atoms with Crippen molar-refractivity contribution in [1.29, 1.82) is 0 Å². The van der Waals surface area contributed by atoms with Crippen LogP contribution >= 0.6 is 0 Å². The Kier molecular flexibility index (Phi) is 4.42. The van der Waals surface area contributed by atoms with E-state index in [9.17, 15) is 4.79 Å². The second-order valence-electron chi connectivity index (χ2n) is 5.72. The van der Waals surface area contributed by atoms with Crippen LogP contribution in [0, 0.1) is 0 Å². The van der Waals surface area contributed by atoms with Crippen LogP contribution in [0.2, 0.25) is 0 Å². The number of nitrogens with zero attached hydrogens (tertiary/aromatic N) is 1. The molecule has 2 aromatic carbocycles. The monoisotopic (exact) mass is 294 g/mol. The van der Waals surface area contributed by atoms with E-state index in [0.29, 0.717) is 0 Å². The number of carbonyl (C=O) groups is 1. The molecule has 1 fully saturated rings. The van der Waals surface area contributed by atoms with Crippen LogP contribution in [0.15, 0.2) is 48.5 Å². The number of benzene rings is 2. The van der Waals surface area contributed by atoms with Gasteiger partial charge in [-0.3, -0.25) is 4.79 Å². The van der Waals surface area contributed by atoms with Gasteiger partial charge in [-0.25, -0.2) is 0 Å². The van der Waals surface area contributed by atoms with Gasteiger partial charge >= 0.3 is 0 Å². The molecule has 3 rings (SSSR count). The van der Waals surface area contributed by atoms with Gasteiger partial charge in [0.25, 0.3) is 5.91 Å². The lowest BCUT2D eigenvalue weighted by Crippen LogP contribution is -2.22. The average Bonchev–Trinajstić information content (AvgIpc) is 3.10. The van der Waals surface area contributed by atoms with Crippen molar-refractivity contribution in [3.63, 3.8) is 0 Å². The molecule has 3 heteroatoms. The number of carbonyl (C=O) groups excluding carboxylic acids is 1. The molecule has 114 valence electrons. The minimum absolute atomic E-state index is 0.0354. The lowest BCUT2D eigenvalue weighted by Gasteiger charge is -2.20. The molecule has 2 aromatic rings. The Balaban J connectivity index is 1.79. The van der Waals surface area contributed by atoms with Gasteiger partial charge in [0.15, 0.2) is 0 Å².